The van der Waals surface area contributed by atoms with Crippen molar-refractivity contribution >= 4 is 23.1 Å². The molecule has 0 saturated carbocycles. The minimum atomic E-state index is -0.507. The molecule has 0 spiro atoms. The number of amides is 1. The summed E-state index contributed by atoms with van der Waals surface area (Å²) in [5, 5.41) is 23.5. The summed E-state index contributed by atoms with van der Waals surface area (Å²) in [7, 11) is 0. The molecule has 2 aromatic carbocycles. The molecule has 0 unspecified atom stereocenters. The molecule has 0 aliphatic rings. The van der Waals surface area contributed by atoms with E-state index >= 15 is 0 Å². The summed E-state index contributed by atoms with van der Waals surface area (Å²) in [6.07, 6.45) is 1.23. The number of nitrogens with one attached hydrogen (secondary N) is 1. The molecule has 1 heterocycles. The second-order valence-corrected chi connectivity index (χ2v) is 4.59. The predicted molar refractivity (Wildman–Crippen MR) is 81.0 cm³/mol. The summed E-state index contributed by atoms with van der Waals surface area (Å²) < 4.78 is 5.40. The molecule has 3 aromatic rings. The van der Waals surface area contributed by atoms with E-state index in [1.54, 1.807) is 12.1 Å². The molecule has 0 aliphatic heterocycles. The Kier molecular flexibility index (Phi) is 3.49. The van der Waals surface area contributed by atoms with Crippen molar-refractivity contribution in [2.24, 2.45) is 5.10 Å². The van der Waals surface area contributed by atoms with Crippen molar-refractivity contribution in [1.29, 1.82) is 0 Å². The van der Waals surface area contributed by atoms with Crippen LogP contribution in [-0.2, 0) is 0 Å². The first-order valence-corrected chi connectivity index (χ1v) is 6.47. The lowest BCUT2D eigenvalue weighted by atomic mass is 10.2. The SMILES string of the molecule is O=C(N/N=C/c1cc(O)ccc1O)c1cc2ccccc2o1. The Morgan fingerprint density at radius 2 is 1.95 bits per heavy atom. The van der Waals surface area contributed by atoms with Crippen molar-refractivity contribution in [3.63, 3.8) is 0 Å². The Balaban J connectivity index is 1.74. The number of hydrazone groups is 1. The van der Waals surface area contributed by atoms with Crippen LogP contribution >= 0.6 is 0 Å². The molecule has 1 amide bonds. The summed E-state index contributed by atoms with van der Waals surface area (Å²) in [5.74, 6) is -0.437. The van der Waals surface area contributed by atoms with Crippen molar-refractivity contribution in [2.75, 3.05) is 0 Å². The Morgan fingerprint density at radius 1 is 1.14 bits per heavy atom. The Morgan fingerprint density at radius 3 is 2.77 bits per heavy atom. The average molecular weight is 296 g/mol. The number of fused-ring (bicyclic) bond motifs is 1. The van der Waals surface area contributed by atoms with Crippen LogP contribution in [0.5, 0.6) is 11.5 Å². The number of aromatic hydroxyl groups is 2. The second kappa shape index (κ2) is 5.61. The smallest absolute Gasteiger partial charge is 0.307 e. The van der Waals surface area contributed by atoms with E-state index in [0.29, 0.717) is 5.58 Å². The lowest BCUT2D eigenvalue weighted by molar-refractivity contribution is 0.0929. The maximum absolute atomic E-state index is 11.9. The minimum Gasteiger partial charge on any atom is -0.508 e. The van der Waals surface area contributed by atoms with Gasteiger partial charge in [0.25, 0.3) is 0 Å². The van der Waals surface area contributed by atoms with E-state index in [0.717, 1.165) is 5.39 Å². The Hall–Kier alpha value is -3.28. The average Bonchev–Trinajstić information content (AvgIpc) is 2.94. The molecule has 1 aromatic heterocycles. The third kappa shape index (κ3) is 2.76. The molecule has 110 valence electrons. The van der Waals surface area contributed by atoms with E-state index in [1.165, 1.54) is 24.4 Å². The fourth-order valence-corrected chi connectivity index (χ4v) is 1.95. The van der Waals surface area contributed by atoms with Crippen molar-refractivity contribution in [2.45, 2.75) is 0 Å². The summed E-state index contributed by atoms with van der Waals surface area (Å²) >= 11 is 0. The van der Waals surface area contributed by atoms with Gasteiger partial charge < -0.3 is 14.6 Å². The number of nitrogens with zero attached hydrogens (tertiary/aromatic N) is 1. The van der Waals surface area contributed by atoms with Gasteiger partial charge in [-0.1, -0.05) is 18.2 Å². The van der Waals surface area contributed by atoms with Gasteiger partial charge in [-0.2, -0.15) is 5.10 Å². The van der Waals surface area contributed by atoms with Gasteiger partial charge in [-0.05, 0) is 30.3 Å². The molecular weight excluding hydrogens is 284 g/mol. The minimum absolute atomic E-state index is 0.0112. The molecule has 0 saturated heterocycles. The topological polar surface area (TPSA) is 95.1 Å². The zero-order valence-corrected chi connectivity index (χ0v) is 11.4. The van der Waals surface area contributed by atoms with Crippen LogP contribution in [0.2, 0.25) is 0 Å². The molecular formula is C16H12N2O4. The highest BCUT2D eigenvalue weighted by Crippen LogP contribution is 2.20. The first-order chi connectivity index (χ1) is 10.6. The van der Waals surface area contributed by atoms with Gasteiger partial charge in [0.15, 0.2) is 5.76 Å². The highest BCUT2D eigenvalue weighted by Gasteiger charge is 2.11. The fraction of sp³-hybridized carbons (Fsp3) is 0. The van der Waals surface area contributed by atoms with E-state index in [-0.39, 0.29) is 22.8 Å². The number of rotatable bonds is 3. The van der Waals surface area contributed by atoms with Gasteiger partial charge in [0.05, 0.1) is 6.21 Å². The summed E-state index contributed by atoms with van der Waals surface area (Å²) in [4.78, 5) is 11.9. The van der Waals surface area contributed by atoms with Crippen LogP contribution in [0.25, 0.3) is 11.0 Å². The van der Waals surface area contributed by atoms with E-state index < -0.39 is 5.91 Å². The number of carbonyl (C=O) groups excluding carboxylic acids is 1. The zero-order valence-electron chi connectivity index (χ0n) is 11.4. The molecule has 0 radical (unpaired) electrons. The molecule has 3 rings (SSSR count). The number of phenolic OH excluding ortho intramolecular Hbond substituents is 2. The van der Waals surface area contributed by atoms with Crippen LogP contribution < -0.4 is 5.43 Å². The maximum atomic E-state index is 11.9. The van der Waals surface area contributed by atoms with E-state index in [2.05, 4.69) is 10.5 Å². The quantitative estimate of drug-likeness (QED) is 0.393. The number of benzene rings is 2. The number of furan rings is 1. The summed E-state index contributed by atoms with van der Waals surface area (Å²) in [6.45, 7) is 0. The number of phenols is 2. The van der Waals surface area contributed by atoms with Gasteiger partial charge in [-0.15, -0.1) is 0 Å². The van der Waals surface area contributed by atoms with Gasteiger partial charge in [-0.25, -0.2) is 5.43 Å². The molecule has 22 heavy (non-hydrogen) atoms. The third-order valence-electron chi connectivity index (χ3n) is 3.03. The first-order valence-electron chi connectivity index (χ1n) is 6.47. The number of carbonyl (C=O) groups is 1. The number of hydrogen-bond donors (Lipinski definition) is 3. The molecule has 0 atom stereocenters. The van der Waals surface area contributed by atoms with Crippen LogP contribution in [0.3, 0.4) is 0 Å². The third-order valence-corrected chi connectivity index (χ3v) is 3.03. The second-order valence-electron chi connectivity index (χ2n) is 4.59. The number of hydrogen-bond acceptors (Lipinski definition) is 5. The lowest BCUT2D eigenvalue weighted by Crippen LogP contribution is -2.16. The number of para-hydroxylation sites is 1. The van der Waals surface area contributed by atoms with Gasteiger partial charge in [-0.3, -0.25) is 4.79 Å². The lowest BCUT2D eigenvalue weighted by Gasteiger charge is -1.99. The summed E-state index contributed by atoms with van der Waals surface area (Å²) in [6, 6.07) is 12.9. The van der Waals surface area contributed by atoms with E-state index in [9.17, 15) is 15.0 Å². The van der Waals surface area contributed by atoms with Gasteiger partial charge in [0, 0.05) is 10.9 Å². The van der Waals surface area contributed by atoms with Crippen molar-refractivity contribution in [1.82, 2.24) is 5.43 Å². The zero-order chi connectivity index (χ0) is 15.5. The van der Waals surface area contributed by atoms with E-state index in [1.807, 2.05) is 18.2 Å². The van der Waals surface area contributed by atoms with Crippen molar-refractivity contribution in [3.8, 4) is 11.5 Å². The Bertz CT molecular complexity index is 834. The van der Waals surface area contributed by atoms with Crippen LogP contribution in [0.15, 0.2) is 58.0 Å². The molecule has 6 nitrogen and oxygen atoms in total. The molecule has 0 fully saturated rings. The normalized spacial score (nSPS) is 11.1. The highest BCUT2D eigenvalue weighted by molar-refractivity contribution is 5.96. The maximum Gasteiger partial charge on any atom is 0.307 e. The van der Waals surface area contributed by atoms with Crippen LogP contribution in [-0.4, -0.2) is 22.3 Å². The van der Waals surface area contributed by atoms with Gasteiger partial charge in [0.1, 0.15) is 17.1 Å². The van der Waals surface area contributed by atoms with Gasteiger partial charge in [0.2, 0.25) is 0 Å². The molecule has 0 aliphatic carbocycles. The predicted octanol–water partition coefficient (Wildman–Crippen LogP) is 2.61. The van der Waals surface area contributed by atoms with Crippen LogP contribution in [0, 0.1) is 0 Å². The largest absolute Gasteiger partial charge is 0.508 e. The van der Waals surface area contributed by atoms with Crippen LogP contribution in [0.4, 0.5) is 0 Å². The van der Waals surface area contributed by atoms with Gasteiger partial charge >= 0.3 is 5.91 Å². The highest BCUT2D eigenvalue weighted by atomic mass is 16.3. The van der Waals surface area contributed by atoms with Crippen molar-refractivity contribution < 1.29 is 19.4 Å². The molecule has 0 bridgehead atoms. The van der Waals surface area contributed by atoms with Crippen LogP contribution in [0.1, 0.15) is 16.1 Å². The fourth-order valence-electron chi connectivity index (χ4n) is 1.95. The van der Waals surface area contributed by atoms with E-state index in [4.69, 9.17) is 4.42 Å². The molecule has 3 N–H and O–H groups in total. The summed E-state index contributed by atoms with van der Waals surface area (Å²) in [5.41, 5.74) is 3.19. The Labute approximate surface area is 125 Å². The first kappa shape index (κ1) is 13.7. The standard InChI is InChI=1S/C16H12N2O4/c19-12-5-6-13(20)11(7-12)9-17-18-16(21)15-8-10-3-1-2-4-14(10)22-15/h1-9,19-20H,(H,18,21)/b17-9+. The monoisotopic (exact) mass is 296 g/mol. The van der Waals surface area contributed by atoms with Crippen molar-refractivity contribution in [3.05, 3.63) is 59.9 Å². The molecule has 6 heteroatoms.